The van der Waals surface area contributed by atoms with Crippen LogP contribution in [0.2, 0.25) is 5.02 Å². The first-order chi connectivity index (χ1) is 14.5. The van der Waals surface area contributed by atoms with Crippen LogP contribution >= 0.6 is 27.5 Å². The molecule has 4 rings (SSSR count). The van der Waals surface area contributed by atoms with Crippen molar-refractivity contribution < 1.29 is 23.5 Å². The van der Waals surface area contributed by atoms with Crippen molar-refractivity contribution in [1.82, 2.24) is 0 Å². The molecule has 0 radical (unpaired) electrons. The number of furan rings is 1. The summed E-state index contributed by atoms with van der Waals surface area (Å²) in [6.45, 7) is 0.951. The molecule has 0 unspecified atom stereocenters. The number of hydrogen-bond donors (Lipinski definition) is 2. The Bertz CT molecular complexity index is 1100. The third-order valence-corrected chi connectivity index (χ3v) is 5.28. The maximum atomic E-state index is 12.7. The minimum Gasteiger partial charge on any atom is -0.486 e. The van der Waals surface area contributed by atoms with E-state index in [-0.39, 0.29) is 18.1 Å². The predicted molar refractivity (Wildman–Crippen MR) is 116 cm³/mol. The summed E-state index contributed by atoms with van der Waals surface area (Å²) >= 11 is 9.53. The molecule has 1 aliphatic rings. The third-order valence-electron chi connectivity index (χ3n) is 4.31. The molecule has 154 valence electrons. The van der Waals surface area contributed by atoms with E-state index in [4.69, 9.17) is 25.5 Å². The predicted octanol–water partition coefficient (Wildman–Crippen LogP) is 4.90. The van der Waals surface area contributed by atoms with Crippen molar-refractivity contribution >= 4 is 50.7 Å². The Morgan fingerprint density at radius 3 is 2.50 bits per heavy atom. The zero-order valence-corrected chi connectivity index (χ0v) is 17.9. The van der Waals surface area contributed by atoms with E-state index in [0.29, 0.717) is 41.1 Å². The summed E-state index contributed by atoms with van der Waals surface area (Å²) in [7, 11) is 0. The highest BCUT2D eigenvalue weighted by Gasteiger charge is 2.18. The lowest BCUT2D eigenvalue weighted by Crippen LogP contribution is -2.19. The molecule has 0 fully saturated rings. The number of fused-ring (bicyclic) bond motifs is 1. The maximum absolute atomic E-state index is 12.7. The first-order valence-electron chi connectivity index (χ1n) is 9.02. The summed E-state index contributed by atoms with van der Waals surface area (Å²) in [6, 6.07) is 11.5. The smallest absolute Gasteiger partial charge is 0.291 e. The van der Waals surface area contributed by atoms with Gasteiger partial charge in [0, 0.05) is 9.50 Å². The maximum Gasteiger partial charge on any atom is 0.291 e. The lowest BCUT2D eigenvalue weighted by atomic mass is 10.1. The average Bonchev–Trinajstić information content (AvgIpc) is 3.26. The standard InChI is InChI=1S/C21H16BrClN2O5/c22-14-11-19-18(29-6-7-30-19)8-12(14)9-20(26)24-15-4-3-13(23)10-16(15)25-21(27)17-2-1-5-28-17/h1-5,8,10-11H,6-7,9H2,(H,24,26)(H,25,27). The van der Waals surface area contributed by atoms with E-state index in [1.54, 1.807) is 36.4 Å². The topological polar surface area (TPSA) is 89.8 Å². The fourth-order valence-electron chi connectivity index (χ4n) is 2.93. The van der Waals surface area contributed by atoms with Crippen LogP contribution in [0.1, 0.15) is 16.1 Å². The molecule has 30 heavy (non-hydrogen) atoms. The lowest BCUT2D eigenvalue weighted by Gasteiger charge is -2.20. The monoisotopic (exact) mass is 490 g/mol. The van der Waals surface area contributed by atoms with Gasteiger partial charge in [0.05, 0.1) is 24.1 Å². The van der Waals surface area contributed by atoms with Gasteiger partial charge < -0.3 is 24.5 Å². The number of benzene rings is 2. The molecule has 3 aromatic rings. The second kappa shape index (κ2) is 8.81. The van der Waals surface area contributed by atoms with Gasteiger partial charge in [0.1, 0.15) is 13.2 Å². The van der Waals surface area contributed by atoms with Gasteiger partial charge in [0.2, 0.25) is 5.91 Å². The van der Waals surface area contributed by atoms with E-state index in [0.717, 1.165) is 10.0 Å². The largest absolute Gasteiger partial charge is 0.486 e. The molecule has 0 aliphatic carbocycles. The molecule has 0 atom stereocenters. The van der Waals surface area contributed by atoms with Crippen molar-refractivity contribution in [3.05, 3.63) is 69.5 Å². The number of ether oxygens (including phenoxy) is 2. The van der Waals surface area contributed by atoms with Crippen molar-refractivity contribution in [1.29, 1.82) is 0 Å². The molecule has 0 spiro atoms. The molecule has 2 N–H and O–H groups in total. The highest BCUT2D eigenvalue weighted by molar-refractivity contribution is 9.10. The Balaban J connectivity index is 1.50. The van der Waals surface area contributed by atoms with Gasteiger partial charge in [0.15, 0.2) is 17.3 Å². The van der Waals surface area contributed by atoms with Crippen LogP contribution in [0.3, 0.4) is 0 Å². The second-order valence-corrected chi connectivity index (χ2v) is 7.72. The molecule has 0 saturated heterocycles. The number of carbonyl (C=O) groups is 2. The van der Waals surface area contributed by atoms with E-state index in [1.165, 1.54) is 12.3 Å². The van der Waals surface area contributed by atoms with E-state index in [9.17, 15) is 9.59 Å². The molecular formula is C21H16BrClN2O5. The van der Waals surface area contributed by atoms with Crippen LogP contribution in [-0.4, -0.2) is 25.0 Å². The number of hydrogen-bond acceptors (Lipinski definition) is 5. The molecule has 2 aromatic carbocycles. The van der Waals surface area contributed by atoms with Crippen LogP contribution in [0.25, 0.3) is 0 Å². The number of halogens is 2. The summed E-state index contributed by atoms with van der Waals surface area (Å²) in [5, 5.41) is 5.92. The fourth-order valence-corrected chi connectivity index (χ4v) is 3.56. The van der Waals surface area contributed by atoms with Crippen LogP contribution in [-0.2, 0) is 11.2 Å². The van der Waals surface area contributed by atoms with E-state index in [2.05, 4.69) is 26.6 Å². The lowest BCUT2D eigenvalue weighted by molar-refractivity contribution is -0.115. The summed E-state index contributed by atoms with van der Waals surface area (Å²) < 4.78 is 17.0. The van der Waals surface area contributed by atoms with Crippen LogP contribution in [0.4, 0.5) is 11.4 Å². The van der Waals surface area contributed by atoms with Crippen LogP contribution < -0.4 is 20.1 Å². The summed E-state index contributed by atoms with van der Waals surface area (Å²) in [6.07, 6.45) is 1.49. The van der Waals surface area contributed by atoms with Crippen molar-refractivity contribution in [3.8, 4) is 11.5 Å². The van der Waals surface area contributed by atoms with Gasteiger partial charge in [-0.2, -0.15) is 0 Å². The summed E-state index contributed by atoms with van der Waals surface area (Å²) in [5.74, 6) is 0.658. The van der Waals surface area contributed by atoms with Crippen LogP contribution in [0, 0.1) is 0 Å². The Hall–Kier alpha value is -2.97. The number of amides is 2. The van der Waals surface area contributed by atoms with E-state index in [1.807, 2.05) is 0 Å². The molecule has 2 amide bonds. The Kier molecular flexibility index (Phi) is 5.96. The summed E-state index contributed by atoms with van der Waals surface area (Å²) in [4.78, 5) is 25.0. The molecule has 0 saturated carbocycles. The molecular weight excluding hydrogens is 476 g/mol. The molecule has 2 heterocycles. The van der Waals surface area contributed by atoms with E-state index < -0.39 is 5.91 Å². The zero-order chi connectivity index (χ0) is 21.1. The number of carbonyl (C=O) groups excluding carboxylic acids is 2. The Labute approximate surface area is 185 Å². The highest BCUT2D eigenvalue weighted by atomic mass is 79.9. The van der Waals surface area contributed by atoms with Gasteiger partial charge in [-0.05, 0) is 48.0 Å². The Morgan fingerprint density at radius 2 is 1.77 bits per heavy atom. The first kappa shape index (κ1) is 20.3. The number of rotatable bonds is 5. The zero-order valence-electron chi connectivity index (χ0n) is 15.5. The minimum absolute atomic E-state index is 0.0887. The van der Waals surface area contributed by atoms with E-state index >= 15 is 0 Å². The average molecular weight is 492 g/mol. The van der Waals surface area contributed by atoms with Crippen LogP contribution in [0.5, 0.6) is 11.5 Å². The van der Waals surface area contributed by atoms with Crippen molar-refractivity contribution in [2.24, 2.45) is 0 Å². The SMILES string of the molecule is O=C(Cc1cc2c(cc1Br)OCCO2)Nc1ccc(Cl)cc1NC(=O)c1ccco1. The van der Waals surface area contributed by atoms with Gasteiger partial charge in [-0.15, -0.1) is 0 Å². The quantitative estimate of drug-likeness (QED) is 0.530. The third kappa shape index (κ3) is 4.60. The van der Waals surface area contributed by atoms with Crippen molar-refractivity contribution in [2.75, 3.05) is 23.8 Å². The molecule has 9 heteroatoms. The molecule has 0 bridgehead atoms. The minimum atomic E-state index is -0.452. The Morgan fingerprint density at radius 1 is 1.00 bits per heavy atom. The first-order valence-corrected chi connectivity index (χ1v) is 10.2. The number of nitrogens with one attached hydrogen (secondary N) is 2. The highest BCUT2D eigenvalue weighted by Crippen LogP contribution is 2.36. The van der Waals surface area contributed by atoms with Crippen LogP contribution in [0.15, 0.2) is 57.6 Å². The molecule has 1 aromatic heterocycles. The molecule has 1 aliphatic heterocycles. The van der Waals surface area contributed by atoms with Gasteiger partial charge >= 0.3 is 0 Å². The van der Waals surface area contributed by atoms with Crippen molar-refractivity contribution in [3.63, 3.8) is 0 Å². The van der Waals surface area contributed by atoms with Gasteiger partial charge in [-0.25, -0.2) is 0 Å². The van der Waals surface area contributed by atoms with Gasteiger partial charge in [-0.3, -0.25) is 9.59 Å². The molecule has 7 nitrogen and oxygen atoms in total. The van der Waals surface area contributed by atoms with Gasteiger partial charge in [-0.1, -0.05) is 27.5 Å². The second-order valence-electron chi connectivity index (χ2n) is 6.43. The summed E-state index contributed by atoms with van der Waals surface area (Å²) in [5.41, 5.74) is 1.52. The van der Waals surface area contributed by atoms with Crippen molar-refractivity contribution in [2.45, 2.75) is 6.42 Å². The fraction of sp³-hybridized carbons (Fsp3) is 0.143. The van der Waals surface area contributed by atoms with Gasteiger partial charge in [0.25, 0.3) is 5.91 Å². The number of anilines is 2. The normalized spacial score (nSPS) is 12.3.